The molecule has 0 amide bonds. The number of methoxy groups -OCH3 is 1. The van der Waals surface area contributed by atoms with Crippen LogP contribution in [0.15, 0.2) is 34.9 Å². The van der Waals surface area contributed by atoms with Crippen LogP contribution in [0.5, 0.6) is 5.75 Å². The van der Waals surface area contributed by atoms with Crippen LogP contribution in [0.25, 0.3) is 11.3 Å². The van der Waals surface area contributed by atoms with Gasteiger partial charge in [-0.05, 0) is 49.6 Å². The molecule has 1 aliphatic rings. The highest BCUT2D eigenvalue weighted by Crippen LogP contribution is 2.24. The molecule has 0 bridgehead atoms. The van der Waals surface area contributed by atoms with E-state index in [1.165, 1.54) is 12.8 Å². The monoisotopic (exact) mass is 322 g/mol. The Kier molecular flexibility index (Phi) is 5.86. The molecule has 1 saturated heterocycles. The summed E-state index contributed by atoms with van der Waals surface area (Å²) in [5.41, 5.74) is 1.94. The number of hydrogen-bond donors (Lipinski definition) is 0. The van der Waals surface area contributed by atoms with Gasteiger partial charge >= 0.3 is 0 Å². The highest BCUT2D eigenvalue weighted by molar-refractivity contribution is 5.85. The zero-order valence-electron chi connectivity index (χ0n) is 13.1. The van der Waals surface area contributed by atoms with Crippen LogP contribution in [0.2, 0.25) is 0 Å². The second-order valence-electron chi connectivity index (χ2n) is 5.89. The Labute approximate surface area is 137 Å². The van der Waals surface area contributed by atoms with Crippen LogP contribution in [-0.2, 0) is 6.54 Å². The van der Waals surface area contributed by atoms with Gasteiger partial charge in [-0.3, -0.25) is 4.90 Å². The molecule has 1 atom stereocenters. The van der Waals surface area contributed by atoms with Crippen LogP contribution in [-0.4, -0.2) is 30.3 Å². The first-order valence-corrected chi connectivity index (χ1v) is 7.57. The van der Waals surface area contributed by atoms with Gasteiger partial charge in [0, 0.05) is 18.2 Å². The van der Waals surface area contributed by atoms with Crippen LogP contribution < -0.4 is 4.74 Å². The molecule has 1 fully saturated rings. The van der Waals surface area contributed by atoms with Crippen LogP contribution in [0.4, 0.5) is 0 Å². The molecule has 0 N–H and O–H groups in total. The molecular formula is C17H23ClN2O2. The van der Waals surface area contributed by atoms with Gasteiger partial charge in [0.05, 0.1) is 13.7 Å². The Morgan fingerprint density at radius 3 is 2.77 bits per heavy atom. The van der Waals surface area contributed by atoms with Crippen LogP contribution in [0, 0.1) is 5.92 Å². The molecule has 120 valence electrons. The topological polar surface area (TPSA) is 38.5 Å². The van der Waals surface area contributed by atoms with E-state index in [1.807, 2.05) is 30.3 Å². The molecule has 1 aromatic heterocycles. The maximum absolute atomic E-state index is 5.49. The standard InChI is InChI=1S/C17H22N2O2.ClH/c1-13-4-3-9-19(11-13)12-16-10-17(18-21-16)14-5-7-15(20-2)8-6-14;/h5-8,10,13H,3-4,9,11-12H2,1-2H3;1H. The SMILES string of the molecule is COc1ccc(-c2cc(CN3CCCC(C)C3)on2)cc1.Cl. The average Bonchev–Trinajstić information content (AvgIpc) is 2.96. The summed E-state index contributed by atoms with van der Waals surface area (Å²) >= 11 is 0. The predicted octanol–water partition coefficient (Wildman–Crippen LogP) is 4.00. The molecule has 0 spiro atoms. The fourth-order valence-electron chi connectivity index (χ4n) is 2.94. The second-order valence-corrected chi connectivity index (χ2v) is 5.89. The number of rotatable bonds is 4. The highest BCUT2D eigenvalue weighted by atomic mass is 35.5. The average molecular weight is 323 g/mol. The quantitative estimate of drug-likeness (QED) is 0.852. The van der Waals surface area contributed by atoms with E-state index in [0.29, 0.717) is 0 Å². The van der Waals surface area contributed by atoms with Crippen LogP contribution in [0.3, 0.4) is 0 Å². The van der Waals surface area contributed by atoms with Crippen molar-refractivity contribution in [1.29, 1.82) is 0 Å². The number of aromatic nitrogens is 1. The summed E-state index contributed by atoms with van der Waals surface area (Å²) < 4.78 is 10.7. The van der Waals surface area contributed by atoms with Gasteiger partial charge in [-0.25, -0.2) is 0 Å². The Morgan fingerprint density at radius 1 is 1.32 bits per heavy atom. The lowest BCUT2D eigenvalue weighted by atomic mass is 10.0. The number of nitrogens with zero attached hydrogens (tertiary/aromatic N) is 2. The first-order chi connectivity index (χ1) is 10.2. The minimum Gasteiger partial charge on any atom is -0.497 e. The summed E-state index contributed by atoms with van der Waals surface area (Å²) in [6.45, 7) is 5.48. The lowest BCUT2D eigenvalue weighted by Gasteiger charge is -2.29. The summed E-state index contributed by atoms with van der Waals surface area (Å²) in [5.74, 6) is 2.57. The number of hydrogen-bond acceptors (Lipinski definition) is 4. The van der Waals surface area contributed by atoms with Gasteiger partial charge in [0.25, 0.3) is 0 Å². The van der Waals surface area contributed by atoms with Crippen molar-refractivity contribution in [3.05, 3.63) is 36.1 Å². The highest BCUT2D eigenvalue weighted by Gasteiger charge is 2.18. The zero-order valence-corrected chi connectivity index (χ0v) is 13.9. The largest absolute Gasteiger partial charge is 0.497 e. The second kappa shape index (κ2) is 7.65. The minimum atomic E-state index is 0. The fraction of sp³-hybridized carbons (Fsp3) is 0.471. The molecule has 4 nitrogen and oxygen atoms in total. The van der Waals surface area contributed by atoms with Crippen molar-refractivity contribution in [2.24, 2.45) is 5.92 Å². The molecule has 22 heavy (non-hydrogen) atoms. The fourth-order valence-corrected chi connectivity index (χ4v) is 2.94. The van der Waals surface area contributed by atoms with Gasteiger partial charge < -0.3 is 9.26 Å². The van der Waals surface area contributed by atoms with Crippen molar-refractivity contribution in [2.75, 3.05) is 20.2 Å². The molecule has 0 saturated carbocycles. The number of likely N-dealkylation sites (tertiary alicyclic amines) is 1. The van der Waals surface area contributed by atoms with E-state index in [4.69, 9.17) is 9.26 Å². The van der Waals surface area contributed by atoms with Gasteiger partial charge in [0.2, 0.25) is 0 Å². The number of halogens is 1. The molecule has 2 aromatic rings. The Hall–Kier alpha value is -1.52. The summed E-state index contributed by atoms with van der Waals surface area (Å²) in [6, 6.07) is 9.93. The summed E-state index contributed by atoms with van der Waals surface area (Å²) in [5, 5.41) is 4.18. The van der Waals surface area contributed by atoms with E-state index in [1.54, 1.807) is 7.11 Å². The normalized spacial score (nSPS) is 18.7. The van der Waals surface area contributed by atoms with Crippen molar-refractivity contribution >= 4 is 12.4 Å². The minimum absolute atomic E-state index is 0. The van der Waals surface area contributed by atoms with Crippen molar-refractivity contribution < 1.29 is 9.26 Å². The van der Waals surface area contributed by atoms with Gasteiger partial charge in [-0.1, -0.05) is 12.1 Å². The zero-order chi connectivity index (χ0) is 14.7. The van der Waals surface area contributed by atoms with Gasteiger partial charge in [-0.15, -0.1) is 12.4 Å². The van der Waals surface area contributed by atoms with Crippen molar-refractivity contribution in [2.45, 2.75) is 26.3 Å². The molecule has 3 rings (SSSR count). The Bertz CT molecular complexity index is 583. The predicted molar refractivity (Wildman–Crippen MR) is 89.4 cm³/mol. The maximum Gasteiger partial charge on any atom is 0.151 e. The van der Waals surface area contributed by atoms with Crippen molar-refractivity contribution in [3.8, 4) is 17.0 Å². The third-order valence-corrected chi connectivity index (χ3v) is 4.07. The van der Waals surface area contributed by atoms with E-state index in [-0.39, 0.29) is 12.4 Å². The van der Waals surface area contributed by atoms with Crippen LogP contribution >= 0.6 is 12.4 Å². The number of piperidine rings is 1. The lowest BCUT2D eigenvalue weighted by Crippen LogP contribution is -2.33. The van der Waals surface area contributed by atoms with Crippen molar-refractivity contribution in [3.63, 3.8) is 0 Å². The summed E-state index contributed by atoms with van der Waals surface area (Å²) in [7, 11) is 1.67. The van der Waals surface area contributed by atoms with E-state index < -0.39 is 0 Å². The summed E-state index contributed by atoms with van der Waals surface area (Å²) in [6.07, 6.45) is 2.62. The molecule has 0 aliphatic carbocycles. The maximum atomic E-state index is 5.49. The molecule has 1 aliphatic heterocycles. The molecular weight excluding hydrogens is 300 g/mol. The van der Waals surface area contributed by atoms with E-state index in [9.17, 15) is 0 Å². The number of benzene rings is 1. The first-order valence-electron chi connectivity index (χ1n) is 7.57. The van der Waals surface area contributed by atoms with E-state index in [2.05, 4.69) is 17.0 Å². The summed E-state index contributed by atoms with van der Waals surface area (Å²) in [4.78, 5) is 2.45. The molecule has 2 heterocycles. The van der Waals surface area contributed by atoms with Crippen LogP contribution in [0.1, 0.15) is 25.5 Å². The Morgan fingerprint density at radius 2 is 2.09 bits per heavy atom. The smallest absolute Gasteiger partial charge is 0.151 e. The first kappa shape index (κ1) is 16.8. The van der Waals surface area contributed by atoms with Gasteiger partial charge in [0.15, 0.2) is 5.76 Å². The van der Waals surface area contributed by atoms with Gasteiger partial charge in [-0.2, -0.15) is 0 Å². The molecule has 0 radical (unpaired) electrons. The Balaban J connectivity index is 0.00000176. The lowest BCUT2D eigenvalue weighted by molar-refractivity contribution is 0.160. The molecule has 1 unspecified atom stereocenters. The third kappa shape index (κ3) is 4.02. The van der Waals surface area contributed by atoms with Crippen molar-refractivity contribution in [1.82, 2.24) is 10.1 Å². The molecule has 1 aromatic carbocycles. The third-order valence-electron chi connectivity index (χ3n) is 4.07. The number of ether oxygens (including phenoxy) is 1. The van der Waals surface area contributed by atoms with Gasteiger partial charge in [0.1, 0.15) is 11.4 Å². The van der Waals surface area contributed by atoms with E-state index >= 15 is 0 Å². The molecule has 5 heteroatoms. The van der Waals surface area contributed by atoms with E-state index in [0.717, 1.165) is 48.3 Å².